The maximum atomic E-state index is 11.4. The van der Waals surface area contributed by atoms with Crippen LogP contribution in [0.15, 0.2) is 21.9 Å². The average molecular weight is 280 g/mol. The maximum Gasteiger partial charge on any atom is 0.330 e. The number of nitrogens with one attached hydrogen (secondary N) is 1. The molecule has 1 saturated heterocycles. The zero-order chi connectivity index (χ0) is 15.0. The van der Waals surface area contributed by atoms with Crippen LogP contribution < -0.4 is 11.2 Å². The second-order valence-electron chi connectivity index (χ2n) is 4.55. The molecular formula is C14H20N2O4. The van der Waals surface area contributed by atoms with Crippen molar-refractivity contribution in [3.63, 3.8) is 0 Å². The van der Waals surface area contributed by atoms with Crippen molar-refractivity contribution in [2.24, 2.45) is 0 Å². The molecule has 2 heterocycles. The van der Waals surface area contributed by atoms with Crippen molar-refractivity contribution < 1.29 is 9.84 Å². The van der Waals surface area contributed by atoms with Gasteiger partial charge in [-0.3, -0.25) is 14.3 Å². The molecule has 1 aliphatic heterocycles. The molecule has 1 aliphatic carbocycles. The third-order valence-corrected chi connectivity index (χ3v) is 2.80. The molecule has 1 aromatic rings. The molecule has 0 spiro atoms. The molecule has 0 radical (unpaired) electrons. The van der Waals surface area contributed by atoms with Crippen LogP contribution in [0.2, 0.25) is 0 Å². The smallest absolute Gasteiger partial charge is 0.330 e. The topological polar surface area (TPSA) is 84.3 Å². The van der Waals surface area contributed by atoms with E-state index in [1.165, 1.54) is 36.1 Å². The summed E-state index contributed by atoms with van der Waals surface area (Å²) in [5.74, 6) is 0. The number of hydrogen-bond acceptors (Lipinski definition) is 4. The molecule has 1 aromatic heterocycles. The van der Waals surface area contributed by atoms with Gasteiger partial charge in [-0.2, -0.15) is 0 Å². The predicted molar refractivity (Wildman–Crippen MR) is 75.3 cm³/mol. The van der Waals surface area contributed by atoms with Gasteiger partial charge in [-0.05, 0) is 12.8 Å². The Balaban J connectivity index is 0.000000343. The van der Waals surface area contributed by atoms with Crippen LogP contribution in [0.1, 0.15) is 38.3 Å². The Morgan fingerprint density at radius 3 is 2.40 bits per heavy atom. The van der Waals surface area contributed by atoms with Crippen LogP contribution in [-0.4, -0.2) is 27.4 Å². The summed E-state index contributed by atoms with van der Waals surface area (Å²) in [6.45, 7) is -0.0470. The number of H-pyrrole nitrogens is 1. The molecule has 2 fully saturated rings. The van der Waals surface area contributed by atoms with Crippen LogP contribution in [0.3, 0.4) is 0 Å². The summed E-state index contributed by atoms with van der Waals surface area (Å²) in [5, 5.41) is 8.87. The van der Waals surface area contributed by atoms with Crippen molar-refractivity contribution in [2.45, 2.75) is 44.4 Å². The van der Waals surface area contributed by atoms with Gasteiger partial charge in [0.15, 0.2) is 0 Å². The highest BCUT2D eigenvalue weighted by molar-refractivity contribution is 4.85. The third kappa shape index (κ3) is 5.03. The zero-order valence-corrected chi connectivity index (χ0v) is 11.3. The molecular weight excluding hydrogens is 260 g/mol. The van der Waals surface area contributed by atoms with Crippen LogP contribution in [0.4, 0.5) is 0 Å². The number of aromatic amines is 1. The number of aliphatic hydroxyl groups excluding tert-OH is 1. The number of rotatable bonds is 2. The van der Waals surface area contributed by atoms with Gasteiger partial charge in [0.1, 0.15) is 6.23 Å². The van der Waals surface area contributed by atoms with Crippen molar-refractivity contribution in [3.05, 3.63) is 33.1 Å². The Morgan fingerprint density at radius 1 is 1.30 bits per heavy atom. The molecule has 2 N–H and O–H groups in total. The highest BCUT2D eigenvalue weighted by atomic mass is 16.5. The number of terminal acetylenes is 1. The Hall–Kier alpha value is -1.84. The highest BCUT2D eigenvalue weighted by Crippen LogP contribution is 2.26. The van der Waals surface area contributed by atoms with E-state index in [9.17, 15) is 9.59 Å². The quantitative estimate of drug-likeness (QED) is 0.778. The SMILES string of the molecule is C#C.C1CC1.O=c1ccn([C@H]2CC[C@@H](CO)O2)c(=O)[nH]1. The molecule has 6 nitrogen and oxygen atoms in total. The summed E-state index contributed by atoms with van der Waals surface area (Å²) < 4.78 is 6.74. The highest BCUT2D eigenvalue weighted by Gasteiger charge is 2.26. The van der Waals surface area contributed by atoms with Gasteiger partial charge in [-0.25, -0.2) is 4.79 Å². The Kier molecular flexibility index (Phi) is 6.77. The van der Waals surface area contributed by atoms with Gasteiger partial charge in [0.2, 0.25) is 0 Å². The van der Waals surface area contributed by atoms with Crippen molar-refractivity contribution in [1.29, 1.82) is 0 Å². The van der Waals surface area contributed by atoms with Crippen LogP contribution >= 0.6 is 0 Å². The van der Waals surface area contributed by atoms with Crippen molar-refractivity contribution in [2.75, 3.05) is 6.61 Å². The lowest BCUT2D eigenvalue weighted by atomic mass is 10.2. The molecule has 0 amide bonds. The first-order valence-electron chi connectivity index (χ1n) is 6.62. The van der Waals surface area contributed by atoms with Gasteiger partial charge in [-0.15, -0.1) is 12.8 Å². The van der Waals surface area contributed by atoms with E-state index in [0.29, 0.717) is 12.8 Å². The summed E-state index contributed by atoms with van der Waals surface area (Å²) >= 11 is 0. The molecule has 0 unspecified atom stereocenters. The van der Waals surface area contributed by atoms with Gasteiger partial charge < -0.3 is 9.84 Å². The minimum Gasteiger partial charge on any atom is -0.394 e. The number of ether oxygens (including phenoxy) is 1. The molecule has 2 aliphatic rings. The largest absolute Gasteiger partial charge is 0.394 e. The molecule has 1 saturated carbocycles. The van der Waals surface area contributed by atoms with Crippen LogP contribution in [0.5, 0.6) is 0 Å². The van der Waals surface area contributed by atoms with E-state index in [2.05, 4.69) is 17.8 Å². The minimum absolute atomic E-state index is 0.0470. The Morgan fingerprint density at radius 2 is 1.95 bits per heavy atom. The molecule has 6 heteroatoms. The predicted octanol–water partition coefficient (Wildman–Crippen LogP) is 0.626. The van der Waals surface area contributed by atoms with Gasteiger partial charge in [-0.1, -0.05) is 19.3 Å². The van der Waals surface area contributed by atoms with Crippen LogP contribution in [0.25, 0.3) is 0 Å². The molecule has 2 atom stereocenters. The van der Waals surface area contributed by atoms with E-state index in [1.54, 1.807) is 0 Å². The first-order valence-corrected chi connectivity index (χ1v) is 6.62. The van der Waals surface area contributed by atoms with Crippen molar-refractivity contribution in [3.8, 4) is 12.8 Å². The van der Waals surface area contributed by atoms with Crippen molar-refractivity contribution in [1.82, 2.24) is 9.55 Å². The summed E-state index contributed by atoms with van der Waals surface area (Å²) in [6, 6.07) is 1.27. The van der Waals surface area contributed by atoms with Crippen LogP contribution in [-0.2, 0) is 4.74 Å². The monoisotopic (exact) mass is 280 g/mol. The number of nitrogens with zero attached hydrogens (tertiary/aromatic N) is 1. The average Bonchev–Trinajstić information content (AvgIpc) is 3.27. The fourth-order valence-electron chi connectivity index (χ4n) is 1.68. The molecule has 110 valence electrons. The van der Waals surface area contributed by atoms with Crippen molar-refractivity contribution >= 4 is 0 Å². The fraction of sp³-hybridized carbons (Fsp3) is 0.571. The lowest BCUT2D eigenvalue weighted by molar-refractivity contribution is -0.0246. The fourth-order valence-corrected chi connectivity index (χ4v) is 1.68. The standard InChI is InChI=1S/C9H12N2O4.C3H6.C2H2/c12-5-6-1-2-8(15-6)11-4-3-7(13)10-9(11)14;1-2-3-1;1-2/h3-4,6,8,12H,1-2,5H2,(H,10,13,14);1-3H2;1-2H/t6-,8+;;/m0../s1. The third-order valence-electron chi connectivity index (χ3n) is 2.80. The first-order chi connectivity index (χ1) is 9.70. The number of aliphatic hydroxyl groups is 1. The van der Waals surface area contributed by atoms with E-state index >= 15 is 0 Å². The first kappa shape index (κ1) is 16.2. The summed E-state index contributed by atoms with van der Waals surface area (Å²) in [7, 11) is 0. The van der Waals surface area contributed by atoms with Gasteiger partial charge in [0, 0.05) is 12.3 Å². The zero-order valence-electron chi connectivity index (χ0n) is 11.3. The summed E-state index contributed by atoms with van der Waals surface area (Å²) in [6.07, 6.45) is 14.7. The lowest BCUT2D eigenvalue weighted by Crippen LogP contribution is -2.31. The molecule has 0 aromatic carbocycles. The normalized spacial score (nSPS) is 22.9. The van der Waals surface area contributed by atoms with Gasteiger partial charge in [0.05, 0.1) is 12.7 Å². The number of aromatic nitrogens is 2. The van der Waals surface area contributed by atoms with E-state index in [-0.39, 0.29) is 18.9 Å². The van der Waals surface area contributed by atoms with E-state index < -0.39 is 11.2 Å². The molecule has 0 bridgehead atoms. The Bertz CT molecular complexity index is 527. The van der Waals surface area contributed by atoms with Gasteiger partial charge in [0.25, 0.3) is 5.56 Å². The summed E-state index contributed by atoms with van der Waals surface area (Å²) in [4.78, 5) is 24.4. The van der Waals surface area contributed by atoms with Gasteiger partial charge >= 0.3 is 5.69 Å². The summed E-state index contributed by atoms with van der Waals surface area (Å²) in [5.41, 5.74) is -0.904. The minimum atomic E-state index is -0.480. The number of hydrogen-bond donors (Lipinski definition) is 2. The van der Waals surface area contributed by atoms with E-state index in [0.717, 1.165) is 0 Å². The van der Waals surface area contributed by atoms with Crippen LogP contribution in [0, 0.1) is 12.8 Å². The van der Waals surface area contributed by atoms with E-state index in [1.807, 2.05) is 0 Å². The second kappa shape index (κ2) is 8.35. The molecule has 20 heavy (non-hydrogen) atoms. The molecule has 3 rings (SSSR count). The Labute approximate surface area is 117 Å². The second-order valence-corrected chi connectivity index (χ2v) is 4.55. The van der Waals surface area contributed by atoms with E-state index in [4.69, 9.17) is 9.84 Å². The maximum absolute atomic E-state index is 11.4. The lowest BCUT2D eigenvalue weighted by Gasteiger charge is -2.13.